The molecule has 0 amide bonds. The predicted octanol–water partition coefficient (Wildman–Crippen LogP) is 1.29. The highest BCUT2D eigenvalue weighted by molar-refractivity contribution is 5.79. The molecule has 0 spiro atoms. The van der Waals surface area contributed by atoms with Gasteiger partial charge in [-0.3, -0.25) is 9.67 Å². The van der Waals surface area contributed by atoms with E-state index in [-0.39, 0.29) is 0 Å². The molecule has 1 aromatic rings. The number of hydrogen-bond donors (Lipinski definition) is 2. The van der Waals surface area contributed by atoms with E-state index in [2.05, 4.69) is 37.7 Å². The van der Waals surface area contributed by atoms with Gasteiger partial charge in [0.15, 0.2) is 5.96 Å². The van der Waals surface area contributed by atoms with Crippen LogP contribution in [0.25, 0.3) is 0 Å². The molecule has 0 radical (unpaired) electrons. The van der Waals surface area contributed by atoms with Crippen LogP contribution in [0.3, 0.4) is 0 Å². The Bertz CT molecular complexity index is 376. The van der Waals surface area contributed by atoms with Crippen molar-refractivity contribution in [3.05, 3.63) is 18.0 Å². The number of nitrogens with zero attached hydrogens (tertiary/aromatic N) is 3. The fourth-order valence-electron chi connectivity index (χ4n) is 2.30. The van der Waals surface area contributed by atoms with Crippen molar-refractivity contribution in [1.29, 1.82) is 0 Å². The monoisotopic (exact) mass is 235 g/mol. The van der Waals surface area contributed by atoms with Gasteiger partial charge in [0.1, 0.15) is 0 Å². The van der Waals surface area contributed by atoms with Crippen LogP contribution in [-0.4, -0.2) is 29.8 Å². The third-order valence-corrected chi connectivity index (χ3v) is 3.26. The zero-order valence-electron chi connectivity index (χ0n) is 10.6. The summed E-state index contributed by atoms with van der Waals surface area (Å²) in [6.07, 6.45) is 7.31. The molecule has 0 aliphatic heterocycles. The maximum atomic E-state index is 4.60. The maximum absolute atomic E-state index is 4.60. The minimum atomic E-state index is 0.618. The molecule has 1 aromatic heterocycles. The van der Waals surface area contributed by atoms with Crippen molar-refractivity contribution < 1.29 is 0 Å². The lowest BCUT2D eigenvalue weighted by Gasteiger charge is -2.09. The lowest BCUT2D eigenvalue weighted by Crippen LogP contribution is -2.34. The lowest BCUT2D eigenvalue weighted by atomic mass is 10.3. The van der Waals surface area contributed by atoms with E-state index in [4.69, 9.17) is 0 Å². The molecule has 0 saturated heterocycles. The fourth-order valence-corrected chi connectivity index (χ4v) is 2.30. The molecule has 1 aliphatic carbocycles. The molecule has 94 valence electrons. The molecule has 1 saturated carbocycles. The molecule has 5 heteroatoms. The predicted molar refractivity (Wildman–Crippen MR) is 69.0 cm³/mol. The summed E-state index contributed by atoms with van der Waals surface area (Å²) in [5.41, 5.74) is 1.06. The summed E-state index contributed by atoms with van der Waals surface area (Å²) >= 11 is 0. The van der Waals surface area contributed by atoms with Crippen molar-refractivity contribution in [2.45, 2.75) is 38.3 Å². The summed E-state index contributed by atoms with van der Waals surface area (Å²) in [6.45, 7) is 0.716. The van der Waals surface area contributed by atoms with E-state index in [0.717, 1.165) is 11.7 Å². The van der Waals surface area contributed by atoms with E-state index in [0.29, 0.717) is 12.6 Å². The highest BCUT2D eigenvalue weighted by Crippen LogP contribution is 2.28. The van der Waals surface area contributed by atoms with E-state index in [1.807, 2.05) is 7.05 Å². The molecule has 0 unspecified atom stereocenters. The lowest BCUT2D eigenvalue weighted by molar-refractivity contribution is 0.462. The molecular formula is C12H21N5. The van der Waals surface area contributed by atoms with Crippen LogP contribution in [0.1, 0.15) is 37.4 Å². The Morgan fingerprint density at radius 1 is 1.53 bits per heavy atom. The van der Waals surface area contributed by atoms with Crippen LogP contribution in [0.15, 0.2) is 17.3 Å². The Labute approximate surface area is 102 Å². The van der Waals surface area contributed by atoms with Gasteiger partial charge in [-0.2, -0.15) is 5.10 Å². The Balaban J connectivity index is 1.89. The highest BCUT2D eigenvalue weighted by atomic mass is 15.3. The molecule has 2 N–H and O–H groups in total. The minimum absolute atomic E-state index is 0.618. The van der Waals surface area contributed by atoms with Crippen molar-refractivity contribution in [1.82, 2.24) is 20.4 Å². The first-order chi connectivity index (χ1) is 8.33. The maximum Gasteiger partial charge on any atom is 0.191 e. The van der Waals surface area contributed by atoms with Gasteiger partial charge in [0.2, 0.25) is 0 Å². The number of rotatable bonds is 3. The molecule has 17 heavy (non-hydrogen) atoms. The zero-order chi connectivity index (χ0) is 12.1. The van der Waals surface area contributed by atoms with Gasteiger partial charge in [0, 0.05) is 20.3 Å². The average molecular weight is 235 g/mol. The fraction of sp³-hybridized carbons (Fsp3) is 0.667. The summed E-state index contributed by atoms with van der Waals surface area (Å²) in [5, 5.41) is 10.8. The van der Waals surface area contributed by atoms with E-state index in [1.165, 1.54) is 25.7 Å². The smallest absolute Gasteiger partial charge is 0.191 e. The van der Waals surface area contributed by atoms with Gasteiger partial charge in [0.25, 0.3) is 0 Å². The van der Waals surface area contributed by atoms with Gasteiger partial charge in [-0.05, 0) is 18.9 Å². The van der Waals surface area contributed by atoms with E-state index in [9.17, 15) is 0 Å². The number of aliphatic imine (C=N–C) groups is 1. The number of hydrogen-bond acceptors (Lipinski definition) is 2. The van der Waals surface area contributed by atoms with Crippen LogP contribution in [0.5, 0.6) is 0 Å². The van der Waals surface area contributed by atoms with E-state index in [1.54, 1.807) is 7.05 Å². The third kappa shape index (κ3) is 2.99. The van der Waals surface area contributed by atoms with Crippen LogP contribution in [0.2, 0.25) is 0 Å². The summed E-state index contributed by atoms with van der Waals surface area (Å²) in [6, 6.07) is 2.70. The molecule has 1 aliphatic rings. The standard InChI is InChI=1S/C12H21N5/c1-13-12(14-2)15-9-10-7-8-17(16-10)11-5-3-4-6-11/h7-8,11H,3-6,9H2,1-2H3,(H2,13,14,15). The molecular weight excluding hydrogens is 214 g/mol. The number of aromatic nitrogens is 2. The van der Waals surface area contributed by atoms with Crippen LogP contribution < -0.4 is 10.6 Å². The Hall–Kier alpha value is -1.52. The Morgan fingerprint density at radius 3 is 2.94 bits per heavy atom. The van der Waals surface area contributed by atoms with Gasteiger partial charge in [-0.25, -0.2) is 0 Å². The van der Waals surface area contributed by atoms with Crippen LogP contribution in [0.4, 0.5) is 0 Å². The number of guanidine groups is 1. The quantitative estimate of drug-likeness (QED) is 0.613. The zero-order valence-corrected chi connectivity index (χ0v) is 10.6. The minimum Gasteiger partial charge on any atom is -0.359 e. The second-order valence-corrected chi connectivity index (χ2v) is 4.40. The molecule has 1 heterocycles. The second-order valence-electron chi connectivity index (χ2n) is 4.40. The van der Waals surface area contributed by atoms with Crippen molar-refractivity contribution >= 4 is 5.96 Å². The molecule has 0 atom stereocenters. The van der Waals surface area contributed by atoms with Crippen LogP contribution in [-0.2, 0) is 6.54 Å². The first-order valence-electron chi connectivity index (χ1n) is 6.26. The van der Waals surface area contributed by atoms with Crippen molar-refractivity contribution in [2.24, 2.45) is 4.99 Å². The van der Waals surface area contributed by atoms with Crippen molar-refractivity contribution in [3.8, 4) is 0 Å². The molecule has 0 aromatic carbocycles. The van der Waals surface area contributed by atoms with Crippen molar-refractivity contribution in [2.75, 3.05) is 14.1 Å². The van der Waals surface area contributed by atoms with Gasteiger partial charge < -0.3 is 10.6 Å². The number of nitrogens with one attached hydrogen (secondary N) is 2. The van der Waals surface area contributed by atoms with Crippen LogP contribution in [0, 0.1) is 0 Å². The van der Waals surface area contributed by atoms with Crippen LogP contribution >= 0.6 is 0 Å². The highest BCUT2D eigenvalue weighted by Gasteiger charge is 2.17. The van der Waals surface area contributed by atoms with Gasteiger partial charge in [0.05, 0.1) is 18.3 Å². The topological polar surface area (TPSA) is 54.2 Å². The largest absolute Gasteiger partial charge is 0.359 e. The Kier molecular flexibility index (Phi) is 4.01. The summed E-state index contributed by atoms with van der Waals surface area (Å²) in [7, 11) is 3.61. The summed E-state index contributed by atoms with van der Waals surface area (Å²) < 4.78 is 2.12. The Morgan fingerprint density at radius 2 is 2.29 bits per heavy atom. The van der Waals surface area contributed by atoms with E-state index < -0.39 is 0 Å². The summed E-state index contributed by atoms with van der Waals surface area (Å²) in [5.74, 6) is 0.792. The molecule has 0 bridgehead atoms. The average Bonchev–Trinajstić information content (AvgIpc) is 3.01. The van der Waals surface area contributed by atoms with E-state index >= 15 is 0 Å². The first-order valence-corrected chi connectivity index (χ1v) is 6.26. The second kappa shape index (κ2) is 5.70. The van der Waals surface area contributed by atoms with Gasteiger partial charge >= 0.3 is 0 Å². The first kappa shape index (κ1) is 12.0. The SMILES string of the molecule is CN=C(NC)NCc1ccn(C2CCCC2)n1. The normalized spacial score (nSPS) is 17.4. The van der Waals surface area contributed by atoms with Crippen molar-refractivity contribution in [3.63, 3.8) is 0 Å². The molecule has 5 nitrogen and oxygen atoms in total. The van der Waals surface area contributed by atoms with Gasteiger partial charge in [-0.15, -0.1) is 0 Å². The molecule has 1 fully saturated rings. The summed E-state index contributed by atoms with van der Waals surface area (Å²) in [4.78, 5) is 4.07. The molecule has 2 rings (SSSR count). The van der Waals surface area contributed by atoms with Gasteiger partial charge in [-0.1, -0.05) is 12.8 Å². The third-order valence-electron chi connectivity index (χ3n) is 3.26.